The second-order valence-corrected chi connectivity index (χ2v) is 24.3. The van der Waals surface area contributed by atoms with Crippen molar-refractivity contribution in [2.24, 2.45) is 0 Å². The predicted molar refractivity (Wildman–Crippen MR) is 205 cm³/mol. The number of hydrogen-bond acceptors (Lipinski definition) is 4. The van der Waals surface area contributed by atoms with E-state index in [9.17, 15) is 0 Å². The van der Waals surface area contributed by atoms with Crippen LogP contribution in [-0.2, 0) is 26.7 Å². The summed E-state index contributed by atoms with van der Waals surface area (Å²) in [6, 6.07) is 43.5. The van der Waals surface area contributed by atoms with Gasteiger partial charge in [-0.3, -0.25) is 4.98 Å². The van der Waals surface area contributed by atoms with E-state index in [1.54, 1.807) is 0 Å². The van der Waals surface area contributed by atoms with E-state index in [1.165, 1.54) is 9.96 Å². The molecule has 4 aromatic carbocycles. The van der Waals surface area contributed by atoms with Crippen molar-refractivity contribution in [3.8, 4) is 22.6 Å². The van der Waals surface area contributed by atoms with Gasteiger partial charge in [0.05, 0.1) is 22.4 Å². The minimum atomic E-state index is -1.78. The van der Waals surface area contributed by atoms with E-state index in [-0.39, 0.29) is 20.1 Å². The Bertz CT molecular complexity index is 2370. The topological polar surface area (TPSA) is 56.7 Å². The minimum absolute atomic E-state index is 0. The molecule has 0 N–H and O–H groups in total. The first kappa shape index (κ1) is 34.1. The zero-order valence-corrected chi connectivity index (χ0v) is 33.7. The van der Waals surface area contributed by atoms with Crippen LogP contribution in [0, 0.1) is 19.1 Å². The van der Waals surface area contributed by atoms with Gasteiger partial charge >= 0.3 is 120 Å². The standard InChI is InChI=1S/C26H18N3O.C17H22GeN.Ir/c1-17-14-15-20-19-10-7-11-21(24(19)30-26(20)27-17)25-28-22-12-5-6-13-23(22)29(25)16-18-8-3-2-4-9-18;1-13(2)14-6-8-15(9-7-14)17-11-10-16(12-19-17)18(3,4)5;/h2-10,12-15H,16H2,1H3;6-8,10-13H,1-5H3;/q2*-1;/i;13D;. The molecule has 253 valence electrons. The maximum absolute atomic E-state index is 8.02. The molecule has 0 saturated heterocycles. The van der Waals surface area contributed by atoms with E-state index in [0.29, 0.717) is 5.71 Å². The van der Waals surface area contributed by atoms with Gasteiger partial charge in [0.15, 0.2) is 0 Å². The van der Waals surface area contributed by atoms with Gasteiger partial charge in [-0.05, 0) is 36.8 Å². The first-order chi connectivity index (χ1) is 24.0. The number of pyridine rings is 2. The Kier molecular flexibility index (Phi) is 10.1. The summed E-state index contributed by atoms with van der Waals surface area (Å²) < 4.78 is 17.9. The van der Waals surface area contributed by atoms with Crippen LogP contribution in [0.1, 0.15) is 37.9 Å². The van der Waals surface area contributed by atoms with Crippen molar-refractivity contribution >= 4 is 50.8 Å². The quantitative estimate of drug-likeness (QED) is 0.123. The maximum Gasteiger partial charge on any atom is 0 e. The molecule has 0 fully saturated rings. The molecule has 50 heavy (non-hydrogen) atoms. The molecule has 0 bridgehead atoms. The molecule has 7 heteroatoms. The van der Waals surface area contributed by atoms with Gasteiger partial charge in [0.2, 0.25) is 5.71 Å². The normalized spacial score (nSPS) is 12.0. The predicted octanol–water partition coefficient (Wildman–Crippen LogP) is 10.4. The number of imidazole rings is 1. The molecule has 0 spiro atoms. The Morgan fingerprint density at radius 2 is 1.62 bits per heavy atom. The van der Waals surface area contributed by atoms with E-state index in [2.05, 4.69) is 92.5 Å². The molecule has 8 rings (SSSR count). The van der Waals surface area contributed by atoms with Gasteiger partial charge in [-0.25, -0.2) is 4.98 Å². The van der Waals surface area contributed by atoms with Crippen LogP contribution in [-0.4, -0.2) is 32.8 Å². The van der Waals surface area contributed by atoms with Crippen LogP contribution in [0.4, 0.5) is 0 Å². The third-order valence-electron chi connectivity index (χ3n) is 8.79. The second kappa shape index (κ2) is 14.9. The van der Waals surface area contributed by atoms with Crippen LogP contribution < -0.4 is 4.40 Å². The molecular formula is C43H40GeIrN4O-2. The van der Waals surface area contributed by atoms with Crippen molar-refractivity contribution < 1.29 is 25.9 Å². The largest absolute Gasteiger partial charge is 0 e. The molecule has 8 aromatic rings. The molecule has 0 aliphatic heterocycles. The first-order valence-corrected chi connectivity index (χ1v) is 24.0. The number of furan rings is 1. The first-order valence-electron chi connectivity index (χ1n) is 17.1. The fraction of sp³-hybridized carbons (Fsp3) is 0.186. The molecule has 0 amide bonds. The minimum Gasteiger partial charge on any atom is 0 e. The number of aromatic nitrogens is 4. The fourth-order valence-electron chi connectivity index (χ4n) is 5.97. The van der Waals surface area contributed by atoms with Crippen molar-refractivity contribution in [2.45, 2.75) is 50.5 Å². The molecule has 4 aromatic heterocycles. The van der Waals surface area contributed by atoms with Gasteiger partial charge in [-0.1, -0.05) is 53.4 Å². The summed E-state index contributed by atoms with van der Waals surface area (Å²) in [4.78, 5) is 14.1. The van der Waals surface area contributed by atoms with Gasteiger partial charge in [0.25, 0.3) is 0 Å². The van der Waals surface area contributed by atoms with Gasteiger partial charge < -0.3 is 8.98 Å². The maximum atomic E-state index is 8.02. The summed E-state index contributed by atoms with van der Waals surface area (Å²) in [5, 5.41) is 2.04. The van der Waals surface area contributed by atoms with Gasteiger partial charge in [-0.2, -0.15) is 0 Å². The zero-order chi connectivity index (χ0) is 35.0. The van der Waals surface area contributed by atoms with Crippen LogP contribution in [0.5, 0.6) is 0 Å². The van der Waals surface area contributed by atoms with E-state index in [4.69, 9.17) is 10.8 Å². The Hall–Kier alpha value is -4.36. The van der Waals surface area contributed by atoms with E-state index >= 15 is 0 Å². The summed E-state index contributed by atoms with van der Waals surface area (Å²) in [6.45, 7) is 6.47. The third kappa shape index (κ3) is 7.39. The average Bonchev–Trinajstić information content (AvgIpc) is 3.66. The van der Waals surface area contributed by atoms with Crippen LogP contribution in [0.3, 0.4) is 0 Å². The molecule has 0 saturated carbocycles. The smallest absolute Gasteiger partial charge is 0 e. The summed E-state index contributed by atoms with van der Waals surface area (Å²) in [7, 11) is 0. The van der Waals surface area contributed by atoms with Gasteiger partial charge in [0.1, 0.15) is 0 Å². The summed E-state index contributed by atoms with van der Waals surface area (Å²) >= 11 is -1.78. The van der Waals surface area contributed by atoms with Crippen molar-refractivity contribution in [2.75, 3.05) is 0 Å². The summed E-state index contributed by atoms with van der Waals surface area (Å²) in [5.74, 6) is 7.38. The molecule has 0 aliphatic rings. The van der Waals surface area contributed by atoms with E-state index < -0.39 is 19.2 Å². The number of hydrogen-bond donors (Lipinski definition) is 0. The molecule has 1 radical (unpaired) electrons. The monoisotopic (exact) mass is 896 g/mol. The molecule has 0 unspecified atom stereocenters. The summed E-state index contributed by atoms with van der Waals surface area (Å²) in [6.07, 6.45) is 2.02. The Labute approximate surface area is 311 Å². The molecule has 5 nitrogen and oxygen atoms in total. The molecule has 0 atom stereocenters. The van der Waals surface area contributed by atoms with E-state index in [1.807, 2.05) is 87.6 Å². The number of rotatable bonds is 6. The van der Waals surface area contributed by atoms with Gasteiger partial charge in [0, 0.05) is 37.7 Å². The Morgan fingerprint density at radius 1 is 0.840 bits per heavy atom. The third-order valence-corrected chi connectivity index (χ3v) is 13.0. The zero-order valence-electron chi connectivity index (χ0n) is 30.2. The number of nitrogens with zero attached hydrogens (tertiary/aromatic N) is 4. The number of para-hydroxylation sites is 2. The molecule has 0 aliphatic carbocycles. The fourth-order valence-corrected chi connectivity index (χ4v) is 8.14. The Morgan fingerprint density at radius 3 is 2.32 bits per heavy atom. The number of fused-ring (bicyclic) bond motifs is 4. The van der Waals surface area contributed by atoms with Crippen LogP contribution >= 0.6 is 0 Å². The van der Waals surface area contributed by atoms with Crippen molar-refractivity contribution in [1.29, 1.82) is 0 Å². The molecular weight excluding hydrogens is 853 g/mol. The second-order valence-electron chi connectivity index (χ2n) is 13.7. The van der Waals surface area contributed by atoms with Crippen LogP contribution in [0.25, 0.3) is 55.7 Å². The van der Waals surface area contributed by atoms with Crippen molar-refractivity contribution in [3.05, 3.63) is 144 Å². The number of benzene rings is 4. The number of aryl methyl sites for hydroxylation is 1. The van der Waals surface area contributed by atoms with Crippen LogP contribution in [0.15, 0.2) is 120 Å². The van der Waals surface area contributed by atoms with Gasteiger partial charge in [-0.15, -0.1) is 18.2 Å². The van der Waals surface area contributed by atoms with E-state index in [0.717, 1.165) is 67.8 Å². The van der Waals surface area contributed by atoms with Crippen LogP contribution in [0.2, 0.25) is 17.3 Å². The molecule has 4 heterocycles. The summed E-state index contributed by atoms with van der Waals surface area (Å²) in [5.41, 5.74) is 9.40. The average molecular weight is 895 g/mol. The van der Waals surface area contributed by atoms with Crippen molar-refractivity contribution in [1.82, 2.24) is 19.5 Å². The SMILES string of the molecule is Cc1ccc2c(n1)oc1c(-c3nc4ccccc4n3Cc3ccccc3)[c-]ccc12.[2H]C(C)(C)c1c[c-]c(-c2cc[c]([Ge]([CH3])([CH3])[CH3])cn2)cc1.[Ir]. The van der Waals surface area contributed by atoms with Crippen molar-refractivity contribution in [3.63, 3.8) is 0 Å². The Balaban J connectivity index is 0.000000188.